The van der Waals surface area contributed by atoms with Gasteiger partial charge in [-0.3, -0.25) is 0 Å². The van der Waals surface area contributed by atoms with E-state index >= 15 is 0 Å². The maximum atomic E-state index is 5.64. The molecule has 0 bridgehead atoms. The smallest absolute Gasteiger partial charge is 0.0433 e. The standard InChI is InChI=1S/C8H15Cl/c1-3-5-6-8(4-2)7-9/h6H,3-5,7H2,1-2H3/b8-6-. The van der Waals surface area contributed by atoms with Crippen molar-refractivity contribution < 1.29 is 0 Å². The molecule has 9 heavy (non-hydrogen) atoms. The van der Waals surface area contributed by atoms with E-state index < -0.39 is 0 Å². The average Bonchev–Trinajstić information content (AvgIpc) is 1.91. The molecule has 54 valence electrons. The lowest BCUT2D eigenvalue weighted by Crippen LogP contribution is -1.80. The molecule has 0 saturated heterocycles. The fraction of sp³-hybridized carbons (Fsp3) is 0.750. The zero-order valence-corrected chi connectivity index (χ0v) is 7.04. The molecule has 0 nitrogen and oxygen atoms in total. The highest BCUT2D eigenvalue weighted by molar-refractivity contribution is 6.19. The van der Waals surface area contributed by atoms with Crippen LogP contribution in [0.2, 0.25) is 0 Å². The van der Waals surface area contributed by atoms with Crippen molar-refractivity contribution in [2.24, 2.45) is 0 Å². The molecule has 0 unspecified atom stereocenters. The second kappa shape index (κ2) is 6.15. The van der Waals surface area contributed by atoms with Gasteiger partial charge in [0.2, 0.25) is 0 Å². The fourth-order valence-corrected chi connectivity index (χ4v) is 0.940. The largest absolute Gasteiger partial charge is 0.122 e. The Bertz CT molecular complexity index is 78.6. The summed E-state index contributed by atoms with van der Waals surface area (Å²) in [5.74, 6) is 0.705. The summed E-state index contributed by atoms with van der Waals surface area (Å²) < 4.78 is 0. The first-order valence-corrected chi connectivity index (χ1v) is 4.12. The monoisotopic (exact) mass is 146 g/mol. The highest BCUT2D eigenvalue weighted by Gasteiger charge is 1.87. The van der Waals surface area contributed by atoms with Gasteiger partial charge in [0, 0.05) is 5.88 Å². The number of alkyl halides is 1. The van der Waals surface area contributed by atoms with Crippen LogP contribution in [0, 0.1) is 0 Å². The molecule has 0 aromatic rings. The molecule has 0 aliphatic carbocycles. The lowest BCUT2D eigenvalue weighted by Gasteiger charge is -1.95. The topological polar surface area (TPSA) is 0 Å². The van der Waals surface area contributed by atoms with Crippen LogP contribution in [0.5, 0.6) is 0 Å². The Morgan fingerprint density at radius 3 is 2.44 bits per heavy atom. The number of unbranched alkanes of at least 4 members (excludes halogenated alkanes) is 1. The first-order chi connectivity index (χ1) is 4.35. The minimum Gasteiger partial charge on any atom is -0.122 e. The van der Waals surface area contributed by atoms with E-state index in [1.54, 1.807) is 0 Å². The summed E-state index contributed by atoms with van der Waals surface area (Å²) in [7, 11) is 0. The maximum Gasteiger partial charge on any atom is 0.0433 e. The summed E-state index contributed by atoms with van der Waals surface area (Å²) in [5.41, 5.74) is 1.37. The molecule has 0 aromatic heterocycles. The van der Waals surface area contributed by atoms with Crippen molar-refractivity contribution in [3.05, 3.63) is 11.6 Å². The summed E-state index contributed by atoms with van der Waals surface area (Å²) in [4.78, 5) is 0. The quantitative estimate of drug-likeness (QED) is 0.422. The van der Waals surface area contributed by atoms with Gasteiger partial charge in [0.05, 0.1) is 0 Å². The first kappa shape index (κ1) is 9.03. The molecule has 0 heterocycles. The third kappa shape index (κ3) is 4.53. The molecular weight excluding hydrogens is 132 g/mol. The minimum atomic E-state index is 0.705. The SMILES string of the molecule is CCC/C=C(/CC)CCl. The van der Waals surface area contributed by atoms with Crippen molar-refractivity contribution >= 4 is 11.6 Å². The van der Waals surface area contributed by atoms with E-state index in [2.05, 4.69) is 19.9 Å². The highest BCUT2D eigenvalue weighted by Crippen LogP contribution is 2.04. The van der Waals surface area contributed by atoms with Crippen LogP contribution in [0.1, 0.15) is 33.1 Å². The molecule has 0 aromatic carbocycles. The molecule has 0 radical (unpaired) electrons. The van der Waals surface area contributed by atoms with Crippen LogP contribution in [0.3, 0.4) is 0 Å². The fourth-order valence-electron chi connectivity index (χ4n) is 0.642. The Morgan fingerprint density at radius 1 is 1.44 bits per heavy atom. The molecule has 0 rings (SSSR count). The second-order valence-corrected chi connectivity index (χ2v) is 2.41. The molecule has 0 aliphatic rings. The number of hydrogen-bond donors (Lipinski definition) is 0. The van der Waals surface area contributed by atoms with Crippen molar-refractivity contribution in [3.63, 3.8) is 0 Å². The highest BCUT2D eigenvalue weighted by atomic mass is 35.5. The van der Waals surface area contributed by atoms with Crippen molar-refractivity contribution in [1.82, 2.24) is 0 Å². The van der Waals surface area contributed by atoms with Crippen LogP contribution in [0.15, 0.2) is 11.6 Å². The lowest BCUT2D eigenvalue weighted by molar-refractivity contribution is 0.935. The van der Waals surface area contributed by atoms with Crippen molar-refractivity contribution in [2.45, 2.75) is 33.1 Å². The molecule has 1 heteroatoms. The van der Waals surface area contributed by atoms with Crippen molar-refractivity contribution in [3.8, 4) is 0 Å². The number of hydrogen-bond acceptors (Lipinski definition) is 0. The van der Waals surface area contributed by atoms with Crippen LogP contribution in [0.25, 0.3) is 0 Å². The molecule has 0 atom stereocenters. The molecule has 0 aliphatic heterocycles. The van der Waals surface area contributed by atoms with Gasteiger partial charge in [-0.1, -0.05) is 31.9 Å². The van der Waals surface area contributed by atoms with E-state index in [9.17, 15) is 0 Å². The molecular formula is C8H15Cl. The molecule has 0 N–H and O–H groups in total. The summed E-state index contributed by atoms with van der Waals surface area (Å²) in [6, 6.07) is 0. The van der Waals surface area contributed by atoms with E-state index in [4.69, 9.17) is 11.6 Å². The summed E-state index contributed by atoms with van der Waals surface area (Å²) in [6.07, 6.45) is 5.74. The first-order valence-electron chi connectivity index (χ1n) is 3.59. The maximum absolute atomic E-state index is 5.64. The average molecular weight is 147 g/mol. The summed E-state index contributed by atoms with van der Waals surface area (Å²) >= 11 is 5.64. The molecule has 0 fully saturated rings. The molecule has 0 spiro atoms. The molecule has 0 saturated carbocycles. The molecule has 0 amide bonds. The summed E-state index contributed by atoms with van der Waals surface area (Å²) in [6.45, 7) is 4.32. The Hall–Kier alpha value is 0.0300. The Kier molecular flexibility index (Phi) is 6.18. The van der Waals surface area contributed by atoms with Crippen LogP contribution in [-0.4, -0.2) is 5.88 Å². The van der Waals surface area contributed by atoms with Crippen molar-refractivity contribution in [1.29, 1.82) is 0 Å². The normalized spacial score (nSPS) is 12.1. The van der Waals surface area contributed by atoms with E-state index in [-0.39, 0.29) is 0 Å². The van der Waals surface area contributed by atoms with Gasteiger partial charge in [-0.2, -0.15) is 0 Å². The van der Waals surface area contributed by atoms with Gasteiger partial charge in [-0.15, -0.1) is 11.6 Å². The van der Waals surface area contributed by atoms with Gasteiger partial charge in [-0.05, 0) is 12.8 Å². The summed E-state index contributed by atoms with van der Waals surface area (Å²) in [5, 5.41) is 0. The number of halogens is 1. The van der Waals surface area contributed by atoms with Crippen LogP contribution < -0.4 is 0 Å². The third-order valence-electron chi connectivity index (χ3n) is 1.35. The number of allylic oxidation sites excluding steroid dienone is 2. The van der Waals surface area contributed by atoms with Gasteiger partial charge in [0.1, 0.15) is 0 Å². The third-order valence-corrected chi connectivity index (χ3v) is 1.69. The van der Waals surface area contributed by atoms with E-state index in [0.717, 1.165) is 6.42 Å². The number of rotatable bonds is 4. The van der Waals surface area contributed by atoms with Crippen LogP contribution >= 0.6 is 11.6 Å². The van der Waals surface area contributed by atoms with Gasteiger partial charge < -0.3 is 0 Å². The predicted molar refractivity (Wildman–Crippen MR) is 44.0 cm³/mol. The van der Waals surface area contributed by atoms with Gasteiger partial charge in [0.25, 0.3) is 0 Å². The van der Waals surface area contributed by atoms with Gasteiger partial charge in [0.15, 0.2) is 0 Å². The zero-order valence-electron chi connectivity index (χ0n) is 6.28. The second-order valence-electron chi connectivity index (χ2n) is 2.14. The van der Waals surface area contributed by atoms with Crippen molar-refractivity contribution in [2.75, 3.05) is 5.88 Å². The Labute approximate surface area is 62.9 Å². The van der Waals surface area contributed by atoms with E-state index in [1.807, 2.05) is 0 Å². The zero-order chi connectivity index (χ0) is 7.11. The van der Waals surface area contributed by atoms with E-state index in [0.29, 0.717) is 5.88 Å². The van der Waals surface area contributed by atoms with Crippen LogP contribution in [-0.2, 0) is 0 Å². The lowest BCUT2D eigenvalue weighted by atomic mass is 10.2. The minimum absolute atomic E-state index is 0.705. The van der Waals surface area contributed by atoms with Crippen LogP contribution in [0.4, 0.5) is 0 Å². The van der Waals surface area contributed by atoms with Gasteiger partial charge in [-0.25, -0.2) is 0 Å². The Balaban J connectivity index is 3.48. The van der Waals surface area contributed by atoms with Gasteiger partial charge >= 0.3 is 0 Å². The van der Waals surface area contributed by atoms with E-state index in [1.165, 1.54) is 18.4 Å². The Morgan fingerprint density at radius 2 is 2.11 bits per heavy atom. The predicted octanol–water partition coefficient (Wildman–Crippen LogP) is 3.36.